The highest BCUT2D eigenvalue weighted by Crippen LogP contribution is 2.44. The Balaban J connectivity index is 1.46. The van der Waals surface area contributed by atoms with Gasteiger partial charge in [-0.1, -0.05) is 6.07 Å². The molecule has 10 nitrogen and oxygen atoms in total. The van der Waals surface area contributed by atoms with Crippen LogP contribution in [-0.4, -0.2) is 90.4 Å². The van der Waals surface area contributed by atoms with Crippen molar-refractivity contribution < 1.29 is 13.6 Å². The first-order valence-electron chi connectivity index (χ1n) is 13.9. The SMILES string of the molecule is [B]C([B])([B])n1nc(-c2ccc(-c3cncc(F)c3)c3c(N4CCN(C(=O)C(F)(C#N)C5CC5)C(C)C4)ncnc23)cc1C#N. The molecular formula is C29H22B3F2N9O. The Morgan fingerprint density at radius 2 is 1.84 bits per heavy atom. The van der Waals surface area contributed by atoms with Gasteiger partial charge in [-0.05, 0) is 42.7 Å². The van der Waals surface area contributed by atoms with Gasteiger partial charge in [0, 0.05) is 55.0 Å². The highest BCUT2D eigenvalue weighted by atomic mass is 19.1. The molecule has 6 radical (unpaired) electrons. The average molecular weight is 583 g/mol. The van der Waals surface area contributed by atoms with Gasteiger partial charge in [-0.2, -0.15) is 15.6 Å². The molecule has 1 aromatic carbocycles. The van der Waals surface area contributed by atoms with Gasteiger partial charge in [0.1, 0.15) is 35.8 Å². The molecular weight excluding hydrogens is 561 g/mol. The van der Waals surface area contributed by atoms with Crippen molar-refractivity contribution >= 4 is 46.2 Å². The lowest BCUT2D eigenvalue weighted by Gasteiger charge is -2.42. The molecule has 0 bridgehead atoms. The maximum atomic E-state index is 15.4. The van der Waals surface area contributed by atoms with E-state index in [0.29, 0.717) is 51.9 Å². The van der Waals surface area contributed by atoms with Gasteiger partial charge < -0.3 is 9.80 Å². The van der Waals surface area contributed by atoms with E-state index in [-0.39, 0.29) is 25.3 Å². The fourth-order valence-corrected chi connectivity index (χ4v) is 5.75. The lowest BCUT2D eigenvalue weighted by molar-refractivity contribution is -0.144. The largest absolute Gasteiger partial charge is 0.352 e. The van der Waals surface area contributed by atoms with Crippen molar-refractivity contribution in [3.05, 3.63) is 54.5 Å². The van der Waals surface area contributed by atoms with Gasteiger partial charge in [0.15, 0.2) is 0 Å². The number of nitriles is 2. The van der Waals surface area contributed by atoms with E-state index >= 15 is 4.39 Å². The Morgan fingerprint density at radius 3 is 2.45 bits per heavy atom. The van der Waals surface area contributed by atoms with Crippen LogP contribution in [0, 0.1) is 34.4 Å². The summed E-state index contributed by atoms with van der Waals surface area (Å²) in [7, 11) is 17.5. The first-order valence-corrected chi connectivity index (χ1v) is 13.9. The van der Waals surface area contributed by atoms with Crippen LogP contribution in [0.5, 0.6) is 0 Å². The highest BCUT2D eigenvalue weighted by molar-refractivity contribution is 6.56. The van der Waals surface area contributed by atoms with Crippen LogP contribution in [0.4, 0.5) is 14.6 Å². The standard InChI is InChI=1S/C29H22B3F2N9O/c1-16-13-41(6-7-42(16)27(44)28(34,14-36)18-2-3-18)26-24-21(17-8-19(33)12-37-11-17)4-5-22(25(24)38-15-39-26)23-9-20(10-35)43(40-23)29(30,31)32/h4-5,8-9,11-12,15-16,18H,2-3,6-7,13H2,1H3. The van der Waals surface area contributed by atoms with Gasteiger partial charge in [0.05, 0.1) is 46.3 Å². The number of carbonyl (C=O) groups excluding carboxylic acids is 1. The minimum absolute atomic E-state index is 0.0236. The second kappa shape index (κ2) is 10.7. The van der Waals surface area contributed by atoms with E-state index in [4.69, 9.17) is 23.5 Å². The molecule has 1 amide bonds. The van der Waals surface area contributed by atoms with Crippen molar-refractivity contribution in [2.75, 3.05) is 24.5 Å². The van der Waals surface area contributed by atoms with Crippen LogP contribution >= 0.6 is 0 Å². The molecule has 2 atom stereocenters. The number of carbonyl (C=O) groups is 1. The maximum Gasteiger partial charge on any atom is 0.276 e. The number of rotatable bonds is 6. The van der Waals surface area contributed by atoms with Crippen molar-refractivity contribution in [2.24, 2.45) is 5.92 Å². The third-order valence-electron chi connectivity index (χ3n) is 8.05. The Morgan fingerprint density at radius 1 is 1.09 bits per heavy atom. The Hall–Kier alpha value is -4.78. The fourth-order valence-electron chi connectivity index (χ4n) is 5.75. The number of piperazine rings is 1. The van der Waals surface area contributed by atoms with Crippen molar-refractivity contribution in [2.45, 2.75) is 36.7 Å². The smallest absolute Gasteiger partial charge is 0.276 e. The number of nitrogens with zero attached hydrogens (tertiary/aromatic N) is 9. The summed E-state index contributed by atoms with van der Waals surface area (Å²) in [5, 5.41) is 22.1. The topological polar surface area (TPSA) is 128 Å². The van der Waals surface area contributed by atoms with E-state index in [9.17, 15) is 19.7 Å². The zero-order valence-corrected chi connectivity index (χ0v) is 23.7. The van der Waals surface area contributed by atoms with Crippen LogP contribution in [0.2, 0.25) is 0 Å². The van der Waals surface area contributed by atoms with Gasteiger partial charge in [-0.25, -0.2) is 18.7 Å². The minimum Gasteiger partial charge on any atom is -0.352 e. The van der Waals surface area contributed by atoms with Gasteiger partial charge in [0.2, 0.25) is 0 Å². The summed E-state index contributed by atoms with van der Waals surface area (Å²) >= 11 is 0. The molecule has 3 aromatic heterocycles. The van der Waals surface area contributed by atoms with Gasteiger partial charge in [-0.15, -0.1) is 0 Å². The highest BCUT2D eigenvalue weighted by Gasteiger charge is 2.55. The summed E-state index contributed by atoms with van der Waals surface area (Å²) in [5.41, 5.74) is -0.239. The normalized spacial score (nSPS) is 18.4. The first-order chi connectivity index (χ1) is 21.0. The van der Waals surface area contributed by atoms with Crippen LogP contribution < -0.4 is 4.90 Å². The Kier molecular flexibility index (Phi) is 7.15. The monoisotopic (exact) mass is 583 g/mol. The predicted molar refractivity (Wildman–Crippen MR) is 159 cm³/mol. The maximum absolute atomic E-state index is 15.4. The average Bonchev–Trinajstić information content (AvgIpc) is 3.77. The summed E-state index contributed by atoms with van der Waals surface area (Å²) in [4.78, 5) is 29.7. The van der Waals surface area contributed by atoms with Crippen LogP contribution in [0.1, 0.15) is 25.5 Å². The third-order valence-corrected chi connectivity index (χ3v) is 8.05. The molecule has 2 fully saturated rings. The molecule has 1 aliphatic heterocycles. The zero-order chi connectivity index (χ0) is 31.4. The molecule has 4 heterocycles. The number of fused-ring (bicyclic) bond motifs is 1. The number of amides is 1. The third kappa shape index (κ3) is 4.96. The number of alkyl halides is 1. The molecule has 2 aliphatic rings. The lowest BCUT2D eigenvalue weighted by Crippen LogP contribution is -2.59. The molecule has 2 unspecified atom stereocenters. The Bertz CT molecular complexity index is 1880. The number of halogens is 2. The first kappa shape index (κ1) is 29.3. The zero-order valence-electron chi connectivity index (χ0n) is 23.7. The molecule has 0 spiro atoms. The van der Waals surface area contributed by atoms with E-state index < -0.39 is 34.6 Å². The van der Waals surface area contributed by atoms with Crippen molar-refractivity contribution in [1.29, 1.82) is 10.5 Å². The number of hydrogen-bond donors (Lipinski definition) is 0. The molecule has 4 aromatic rings. The van der Waals surface area contributed by atoms with E-state index in [1.807, 2.05) is 11.0 Å². The summed E-state index contributed by atoms with van der Waals surface area (Å²) in [6.45, 7) is 2.50. The predicted octanol–water partition coefficient (Wildman–Crippen LogP) is 2.32. The lowest BCUT2D eigenvalue weighted by atomic mass is 9.49. The molecule has 1 saturated heterocycles. The molecule has 44 heavy (non-hydrogen) atoms. The van der Waals surface area contributed by atoms with Crippen molar-refractivity contribution in [1.82, 2.24) is 29.6 Å². The summed E-state index contributed by atoms with van der Waals surface area (Å²) in [6.07, 6.45) is 5.00. The summed E-state index contributed by atoms with van der Waals surface area (Å²) in [5.74, 6) is -1.44. The molecule has 15 heteroatoms. The van der Waals surface area contributed by atoms with Crippen LogP contribution in [0.25, 0.3) is 33.3 Å². The molecule has 6 rings (SSSR count). The van der Waals surface area contributed by atoms with Crippen molar-refractivity contribution in [3.63, 3.8) is 0 Å². The number of aromatic nitrogens is 5. The molecule has 1 saturated carbocycles. The van der Waals surface area contributed by atoms with Crippen LogP contribution in [0.3, 0.4) is 0 Å². The summed E-state index contributed by atoms with van der Waals surface area (Å²) < 4.78 is 30.8. The van der Waals surface area contributed by atoms with Gasteiger partial charge >= 0.3 is 0 Å². The van der Waals surface area contributed by atoms with Gasteiger partial charge in [-0.3, -0.25) is 14.5 Å². The summed E-state index contributed by atoms with van der Waals surface area (Å²) in [6, 6.07) is 9.43. The number of benzene rings is 1. The van der Waals surface area contributed by atoms with E-state index in [1.54, 1.807) is 25.1 Å². The van der Waals surface area contributed by atoms with Crippen molar-refractivity contribution in [3.8, 4) is 34.5 Å². The van der Waals surface area contributed by atoms with Gasteiger partial charge in [0.25, 0.3) is 11.6 Å². The molecule has 0 N–H and O–H groups in total. The van der Waals surface area contributed by atoms with Crippen LogP contribution in [0.15, 0.2) is 43.0 Å². The second-order valence-corrected chi connectivity index (χ2v) is 11.2. The molecule has 212 valence electrons. The second-order valence-electron chi connectivity index (χ2n) is 11.2. The molecule has 1 aliphatic carbocycles. The minimum atomic E-state index is -2.54. The Labute approximate surface area is 255 Å². The number of hydrogen-bond acceptors (Lipinski definition) is 8. The quantitative estimate of drug-likeness (QED) is 0.317. The number of anilines is 1. The number of pyridine rings is 1. The van der Waals surface area contributed by atoms with E-state index in [1.165, 1.54) is 29.6 Å². The van der Waals surface area contributed by atoms with E-state index in [0.717, 1.165) is 10.9 Å². The van der Waals surface area contributed by atoms with E-state index in [2.05, 4.69) is 20.1 Å². The van der Waals surface area contributed by atoms with Crippen LogP contribution in [-0.2, 0) is 10.0 Å². The fraction of sp³-hybridized carbons (Fsp3) is 0.345.